The molecule has 1 aromatic rings. The monoisotopic (exact) mass is 177 g/mol. The number of piperidine rings is 1. The van der Waals surface area contributed by atoms with Gasteiger partial charge in [0.15, 0.2) is 0 Å². The molecule has 3 heteroatoms. The summed E-state index contributed by atoms with van der Waals surface area (Å²) in [4.78, 5) is 4.09. The number of nitrogens with one attached hydrogen (secondary N) is 1. The van der Waals surface area contributed by atoms with Crippen LogP contribution in [0.3, 0.4) is 0 Å². The van der Waals surface area contributed by atoms with Crippen molar-refractivity contribution in [2.45, 2.75) is 25.3 Å². The summed E-state index contributed by atoms with van der Waals surface area (Å²) in [6, 6.07) is 2.47. The Balaban J connectivity index is 2.14. The third-order valence-corrected chi connectivity index (χ3v) is 2.49. The Morgan fingerprint density at radius 1 is 1.38 bits per heavy atom. The van der Waals surface area contributed by atoms with Crippen molar-refractivity contribution in [3.63, 3.8) is 0 Å². The Morgan fingerprint density at radius 2 is 2.31 bits per heavy atom. The summed E-state index contributed by atoms with van der Waals surface area (Å²) in [6.07, 6.45) is 7.37. The fraction of sp³-hybridized carbons (Fsp3) is 0.500. The minimum absolute atomic E-state index is 0.463. The van der Waals surface area contributed by atoms with Gasteiger partial charge in [0, 0.05) is 18.4 Å². The number of pyridine rings is 1. The van der Waals surface area contributed by atoms with Crippen molar-refractivity contribution in [3.05, 3.63) is 24.0 Å². The van der Waals surface area contributed by atoms with Gasteiger partial charge < -0.3 is 11.1 Å². The zero-order valence-electron chi connectivity index (χ0n) is 7.66. The number of nitrogens with zero attached hydrogens (tertiary/aromatic N) is 1. The molecule has 2 heterocycles. The molecule has 70 valence electrons. The van der Waals surface area contributed by atoms with Crippen molar-refractivity contribution in [2.24, 2.45) is 0 Å². The third-order valence-electron chi connectivity index (χ3n) is 2.49. The van der Waals surface area contributed by atoms with E-state index >= 15 is 0 Å². The molecule has 1 saturated heterocycles. The van der Waals surface area contributed by atoms with E-state index in [2.05, 4.69) is 10.3 Å². The van der Waals surface area contributed by atoms with Crippen molar-refractivity contribution in [1.82, 2.24) is 10.3 Å². The van der Waals surface area contributed by atoms with Crippen LogP contribution < -0.4 is 11.1 Å². The van der Waals surface area contributed by atoms with E-state index in [4.69, 9.17) is 5.73 Å². The largest absolute Gasteiger partial charge is 0.397 e. The number of nitrogens with two attached hydrogens (primary N) is 1. The van der Waals surface area contributed by atoms with Crippen LogP contribution in [0.4, 0.5) is 5.69 Å². The smallest absolute Gasteiger partial charge is 0.0503 e. The van der Waals surface area contributed by atoms with Crippen molar-refractivity contribution < 1.29 is 0 Å². The lowest BCUT2D eigenvalue weighted by atomic mass is 9.99. The van der Waals surface area contributed by atoms with E-state index < -0.39 is 0 Å². The first-order chi connectivity index (χ1) is 6.36. The molecule has 3 nitrogen and oxygen atoms in total. The Labute approximate surface area is 78.4 Å². The Hall–Kier alpha value is -1.09. The summed E-state index contributed by atoms with van der Waals surface area (Å²) in [5, 5.41) is 3.47. The van der Waals surface area contributed by atoms with Gasteiger partial charge in [0.05, 0.1) is 5.69 Å². The maximum Gasteiger partial charge on any atom is 0.0503 e. The summed E-state index contributed by atoms with van der Waals surface area (Å²) >= 11 is 0. The van der Waals surface area contributed by atoms with Gasteiger partial charge in [-0.05, 0) is 31.0 Å². The molecule has 0 aliphatic carbocycles. The van der Waals surface area contributed by atoms with Crippen molar-refractivity contribution in [2.75, 3.05) is 12.3 Å². The summed E-state index contributed by atoms with van der Waals surface area (Å²) in [5.41, 5.74) is 7.65. The number of rotatable bonds is 1. The van der Waals surface area contributed by atoms with E-state index in [1.165, 1.54) is 24.8 Å². The molecule has 1 fully saturated rings. The zero-order valence-corrected chi connectivity index (χ0v) is 7.66. The second kappa shape index (κ2) is 3.75. The van der Waals surface area contributed by atoms with Gasteiger partial charge in [-0.25, -0.2) is 0 Å². The average molecular weight is 177 g/mol. The predicted octanol–water partition coefficient (Wildman–Crippen LogP) is 1.48. The molecule has 0 saturated carbocycles. The van der Waals surface area contributed by atoms with Crippen molar-refractivity contribution in [3.8, 4) is 0 Å². The quantitative estimate of drug-likeness (QED) is 0.683. The van der Waals surface area contributed by atoms with Crippen molar-refractivity contribution >= 4 is 5.69 Å². The molecule has 0 radical (unpaired) electrons. The number of aromatic nitrogens is 1. The van der Waals surface area contributed by atoms with Crippen LogP contribution in [0, 0.1) is 0 Å². The SMILES string of the molecule is Nc1cncc([C@@H]2CCCCN2)c1. The van der Waals surface area contributed by atoms with Crippen LogP contribution in [0.1, 0.15) is 30.9 Å². The third kappa shape index (κ3) is 1.98. The van der Waals surface area contributed by atoms with E-state index in [0.29, 0.717) is 6.04 Å². The highest BCUT2D eigenvalue weighted by Crippen LogP contribution is 2.22. The van der Waals surface area contributed by atoms with Gasteiger partial charge in [0.25, 0.3) is 0 Å². The lowest BCUT2D eigenvalue weighted by Gasteiger charge is -2.23. The van der Waals surface area contributed by atoms with E-state index in [-0.39, 0.29) is 0 Å². The highest BCUT2D eigenvalue weighted by atomic mass is 14.9. The van der Waals surface area contributed by atoms with Crippen LogP contribution in [0.25, 0.3) is 0 Å². The molecule has 1 aromatic heterocycles. The Kier molecular flexibility index (Phi) is 2.45. The van der Waals surface area contributed by atoms with E-state index in [1.807, 2.05) is 12.3 Å². The second-order valence-corrected chi connectivity index (χ2v) is 3.55. The van der Waals surface area contributed by atoms with Gasteiger partial charge in [-0.1, -0.05) is 6.42 Å². The molecule has 1 atom stereocenters. The maximum atomic E-state index is 5.67. The standard InChI is InChI=1S/C10H15N3/c11-9-5-8(6-12-7-9)10-3-1-2-4-13-10/h5-7,10,13H,1-4,11H2/t10-/m0/s1. The lowest BCUT2D eigenvalue weighted by Crippen LogP contribution is -2.26. The van der Waals surface area contributed by atoms with E-state index in [9.17, 15) is 0 Å². The lowest BCUT2D eigenvalue weighted by molar-refractivity contribution is 0.411. The van der Waals surface area contributed by atoms with E-state index in [1.54, 1.807) is 6.20 Å². The number of hydrogen-bond donors (Lipinski definition) is 2. The molecule has 0 spiro atoms. The van der Waals surface area contributed by atoms with Crippen LogP contribution >= 0.6 is 0 Å². The molecule has 3 N–H and O–H groups in total. The van der Waals surface area contributed by atoms with Crippen LogP contribution in [-0.4, -0.2) is 11.5 Å². The summed E-state index contributed by atoms with van der Waals surface area (Å²) < 4.78 is 0. The summed E-state index contributed by atoms with van der Waals surface area (Å²) in [7, 11) is 0. The van der Waals surface area contributed by atoms with Crippen LogP contribution in [0.5, 0.6) is 0 Å². The molecule has 0 amide bonds. The van der Waals surface area contributed by atoms with Crippen LogP contribution in [0.15, 0.2) is 18.5 Å². The van der Waals surface area contributed by atoms with Gasteiger partial charge in [-0.15, -0.1) is 0 Å². The molecule has 0 aromatic carbocycles. The highest BCUT2D eigenvalue weighted by molar-refractivity contribution is 5.38. The fourth-order valence-corrected chi connectivity index (χ4v) is 1.80. The maximum absolute atomic E-state index is 5.67. The molecule has 0 unspecified atom stereocenters. The molecule has 1 aliphatic heterocycles. The van der Waals surface area contributed by atoms with Gasteiger partial charge in [-0.2, -0.15) is 0 Å². The van der Waals surface area contributed by atoms with Crippen molar-refractivity contribution in [1.29, 1.82) is 0 Å². The molecular weight excluding hydrogens is 162 g/mol. The normalized spacial score (nSPS) is 22.9. The first-order valence-electron chi connectivity index (χ1n) is 4.80. The van der Waals surface area contributed by atoms with Gasteiger partial charge in [0.2, 0.25) is 0 Å². The zero-order chi connectivity index (χ0) is 9.10. The fourth-order valence-electron chi connectivity index (χ4n) is 1.80. The highest BCUT2D eigenvalue weighted by Gasteiger charge is 2.14. The van der Waals surface area contributed by atoms with Gasteiger partial charge in [-0.3, -0.25) is 4.98 Å². The minimum Gasteiger partial charge on any atom is -0.397 e. The first kappa shape index (κ1) is 8.51. The van der Waals surface area contributed by atoms with Gasteiger partial charge >= 0.3 is 0 Å². The first-order valence-corrected chi connectivity index (χ1v) is 4.80. The molecule has 1 aliphatic rings. The number of anilines is 1. The van der Waals surface area contributed by atoms with E-state index in [0.717, 1.165) is 12.2 Å². The predicted molar refractivity (Wildman–Crippen MR) is 53.2 cm³/mol. The Bertz CT molecular complexity index is 279. The molecule has 0 bridgehead atoms. The second-order valence-electron chi connectivity index (χ2n) is 3.55. The average Bonchev–Trinajstić information content (AvgIpc) is 2.19. The minimum atomic E-state index is 0.463. The Morgan fingerprint density at radius 3 is 3.00 bits per heavy atom. The number of nitrogen functional groups attached to an aromatic ring is 1. The number of hydrogen-bond acceptors (Lipinski definition) is 3. The van der Waals surface area contributed by atoms with Crippen LogP contribution in [0.2, 0.25) is 0 Å². The van der Waals surface area contributed by atoms with Crippen LogP contribution in [-0.2, 0) is 0 Å². The summed E-state index contributed by atoms with van der Waals surface area (Å²) in [6.45, 7) is 1.11. The molecule has 2 rings (SSSR count). The topological polar surface area (TPSA) is 50.9 Å². The van der Waals surface area contributed by atoms with Gasteiger partial charge in [0.1, 0.15) is 0 Å². The molecular formula is C10H15N3. The summed E-state index contributed by atoms with van der Waals surface area (Å²) in [5.74, 6) is 0. The molecule has 13 heavy (non-hydrogen) atoms.